The zero-order valence-corrected chi connectivity index (χ0v) is 12.1. The van der Waals surface area contributed by atoms with Gasteiger partial charge in [0, 0.05) is 10.0 Å². The van der Waals surface area contributed by atoms with Gasteiger partial charge < -0.3 is 0 Å². The van der Waals surface area contributed by atoms with Crippen molar-refractivity contribution < 1.29 is 0 Å². The minimum absolute atomic E-state index is 0.768. The van der Waals surface area contributed by atoms with E-state index in [1.165, 1.54) is 23.3 Å². The average Bonchev–Trinajstić information content (AvgIpc) is 2.20. The summed E-state index contributed by atoms with van der Waals surface area (Å²) >= 11 is 12.1. The van der Waals surface area contributed by atoms with Crippen molar-refractivity contribution in [2.24, 2.45) is 0 Å². The van der Waals surface area contributed by atoms with Gasteiger partial charge in [-0.2, -0.15) is 0 Å². The molecule has 1 rings (SSSR count). The van der Waals surface area contributed by atoms with E-state index in [1.54, 1.807) is 0 Å². The molecule has 0 N–H and O–H groups in total. The Kier molecular flexibility index (Phi) is 4.69. The summed E-state index contributed by atoms with van der Waals surface area (Å²) in [5.74, 6) is 0. The van der Waals surface area contributed by atoms with E-state index < -0.39 is 8.07 Å². The third-order valence-electron chi connectivity index (χ3n) is 3.51. The lowest BCUT2D eigenvalue weighted by atomic mass is 10.4. The average molecular weight is 261 g/mol. The lowest BCUT2D eigenvalue weighted by Gasteiger charge is -2.29. The molecule has 0 fully saturated rings. The summed E-state index contributed by atoms with van der Waals surface area (Å²) in [7, 11) is -1.33. The van der Waals surface area contributed by atoms with Crippen LogP contribution in [0.2, 0.25) is 28.2 Å². The molecule has 0 unspecified atom stereocenters. The number of hydrogen-bond acceptors (Lipinski definition) is 0. The van der Waals surface area contributed by atoms with Crippen molar-refractivity contribution in [2.45, 2.75) is 38.9 Å². The highest BCUT2D eigenvalue weighted by molar-refractivity contribution is 6.91. The van der Waals surface area contributed by atoms with E-state index in [-0.39, 0.29) is 0 Å². The largest absolute Gasteiger partial charge is 0.0860 e. The summed E-state index contributed by atoms with van der Waals surface area (Å²) in [6.07, 6.45) is 0. The molecule has 0 heterocycles. The molecule has 0 aliphatic rings. The lowest BCUT2D eigenvalue weighted by Crippen LogP contribution is -2.45. The van der Waals surface area contributed by atoms with Gasteiger partial charge in [0.25, 0.3) is 0 Å². The Hall–Kier alpha value is 0.0169. The van der Waals surface area contributed by atoms with E-state index in [4.69, 9.17) is 23.2 Å². The van der Waals surface area contributed by atoms with Crippen LogP contribution in [0.15, 0.2) is 18.2 Å². The van der Waals surface area contributed by atoms with Crippen LogP contribution in [0.4, 0.5) is 0 Å². The van der Waals surface area contributed by atoms with Gasteiger partial charge in [-0.1, -0.05) is 67.3 Å². The first-order chi connectivity index (χ1) is 7.07. The smallest absolute Gasteiger partial charge is 0.0843 e. The van der Waals surface area contributed by atoms with Gasteiger partial charge in [-0.05, 0) is 18.2 Å². The summed E-state index contributed by atoms with van der Waals surface area (Å²) in [6.45, 7) is 6.86. The zero-order chi connectivity index (χ0) is 11.5. The molecule has 0 nitrogen and oxygen atoms in total. The summed E-state index contributed by atoms with van der Waals surface area (Å²) < 4.78 is 0. The maximum atomic E-state index is 6.06. The fourth-order valence-corrected chi connectivity index (χ4v) is 6.58. The van der Waals surface area contributed by atoms with Crippen molar-refractivity contribution in [3.63, 3.8) is 0 Å². The maximum absolute atomic E-state index is 6.06. The standard InChI is InChI=1S/C12H18Cl2Si/c1-4-15(5-2,6-3)12-8-10(13)7-11(14)9-12/h7-9H,4-6H2,1-3H3. The van der Waals surface area contributed by atoms with Gasteiger partial charge in [0.1, 0.15) is 0 Å². The number of halogens is 2. The first-order valence-corrected chi connectivity index (χ1v) is 8.92. The minimum Gasteiger partial charge on any atom is -0.0843 e. The van der Waals surface area contributed by atoms with Gasteiger partial charge in [-0.15, -0.1) is 0 Å². The fourth-order valence-electron chi connectivity index (χ4n) is 2.22. The fraction of sp³-hybridized carbons (Fsp3) is 0.500. The zero-order valence-electron chi connectivity index (χ0n) is 9.61. The predicted molar refractivity (Wildman–Crippen MR) is 73.3 cm³/mol. The molecular formula is C12H18Cl2Si. The van der Waals surface area contributed by atoms with Crippen molar-refractivity contribution >= 4 is 36.5 Å². The van der Waals surface area contributed by atoms with E-state index in [0.717, 1.165) is 10.0 Å². The normalized spacial score (nSPS) is 11.8. The lowest BCUT2D eigenvalue weighted by molar-refractivity contribution is 1.19. The van der Waals surface area contributed by atoms with Gasteiger partial charge in [0.15, 0.2) is 0 Å². The molecule has 1 aromatic carbocycles. The van der Waals surface area contributed by atoms with Crippen molar-refractivity contribution in [1.29, 1.82) is 0 Å². The Bertz CT molecular complexity index is 304. The Morgan fingerprint density at radius 3 is 1.60 bits per heavy atom. The van der Waals surface area contributed by atoms with Crippen LogP contribution in [0.25, 0.3) is 0 Å². The van der Waals surface area contributed by atoms with Crippen LogP contribution in [0.1, 0.15) is 20.8 Å². The minimum atomic E-state index is -1.33. The van der Waals surface area contributed by atoms with Gasteiger partial charge >= 0.3 is 0 Å². The number of hydrogen-bond donors (Lipinski definition) is 0. The predicted octanol–water partition coefficient (Wildman–Crippen LogP) is 4.71. The highest BCUT2D eigenvalue weighted by Crippen LogP contribution is 2.24. The number of rotatable bonds is 4. The van der Waals surface area contributed by atoms with E-state index >= 15 is 0 Å². The molecule has 0 aromatic heterocycles. The van der Waals surface area contributed by atoms with E-state index in [9.17, 15) is 0 Å². The van der Waals surface area contributed by atoms with E-state index in [1.807, 2.05) is 6.07 Å². The maximum Gasteiger partial charge on any atom is 0.0860 e. The molecule has 3 heteroatoms. The van der Waals surface area contributed by atoms with Gasteiger partial charge in [-0.25, -0.2) is 0 Å². The molecule has 15 heavy (non-hydrogen) atoms. The first-order valence-electron chi connectivity index (χ1n) is 5.54. The molecule has 1 aromatic rings. The molecule has 0 spiro atoms. The molecule has 0 aliphatic carbocycles. The van der Waals surface area contributed by atoms with Crippen LogP contribution in [0, 0.1) is 0 Å². The highest BCUT2D eigenvalue weighted by atomic mass is 35.5. The van der Waals surface area contributed by atoms with Gasteiger partial charge in [0.05, 0.1) is 8.07 Å². The molecule has 0 saturated heterocycles. The highest BCUT2D eigenvalue weighted by Gasteiger charge is 2.29. The molecule has 0 atom stereocenters. The third kappa shape index (κ3) is 2.77. The number of benzene rings is 1. The van der Waals surface area contributed by atoms with Crippen LogP contribution in [0.3, 0.4) is 0 Å². The summed E-state index contributed by atoms with van der Waals surface area (Å²) in [5.41, 5.74) is 0. The Labute approximate surface area is 104 Å². The van der Waals surface area contributed by atoms with E-state index in [2.05, 4.69) is 32.9 Å². The quantitative estimate of drug-likeness (QED) is 0.688. The first kappa shape index (κ1) is 13.1. The molecule has 0 radical (unpaired) electrons. The third-order valence-corrected chi connectivity index (χ3v) is 9.52. The van der Waals surface area contributed by atoms with Gasteiger partial charge in [-0.3, -0.25) is 0 Å². The Balaban J connectivity index is 3.22. The van der Waals surface area contributed by atoms with Crippen molar-refractivity contribution in [2.75, 3.05) is 0 Å². The second-order valence-electron chi connectivity index (χ2n) is 4.00. The SMILES string of the molecule is CC[Si](CC)(CC)c1cc(Cl)cc(Cl)c1. The Morgan fingerprint density at radius 1 is 0.867 bits per heavy atom. The van der Waals surface area contributed by atoms with Crippen LogP contribution in [-0.2, 0) is 0 Å². The molecule has 0 amide bonds. The van der Waals surface area contributed by atoms with Crippen molar-refractivity contribution in [3.8, 4) is 0 Å². The van der Waals surface area contributed by atoms with Crippen LogP contribution < -0.4 is 5.19 Å². The topological polar surface area (TPSA) is 0 Å². The van der Waals surface area contributed by atoms with Crippen LogP contribution in [-0.4, -0.2) is 8.07 Å². The second-order valence-corrected chi connectivity index (χ2v) is 10.1. The molecule has 0 aliphatic heterocycles. The summed E-state index contributed by atoms with van der Waals surface area (Å²) in [4.78, 5) is 0. The molecule has 0 saturated carbocycles. The molecule has 0 bridgehead atoms. The monoisotopic (exact) mass is 260 g/mol. The van der Waals surface area contributed by atoms with Gasteiger partial charge in [0.2, 0.25) is 0 Å². The second kappa shape index (κ2) is 5.38. The van der Waals surface area contributed by atoms with Crippen LogP contribution >= 0.6 is 23.2 Å². The molecular weight excluding hydrogens is 243 g/mol. The van der Waals surface area contributed by atoms with Crippen LogP contribution in [0.5, 0.6) is 0 Å². The summed E-state index contributed by atoms with van der Waals surface area (Å²) in [6, 6.07) is 9.81. The van der Waals surface area contributed by atoms with Crippen molar-refractivity contribution in [1.82, 2.24) is 0 Å². The summed E-state index contributed by atoms with van der Waals surface area (Å²) in [5, 5.41) is 2.95. The van der Waals surface area contributed by atoms with E-state index in [0.29, 0.717) is 0 Å². The molecule has 84 valence electrons. The van der Waals surface area contributed by atoms with Crippen molar-refractivity contribution in [3.05, 3.63) is 28.2 Å². The Morgan fingerprint density at radius 2 is 1.27 bits per heavy atom.